The lowest BCUT2D eigenvalue weighted by atomic mass is 9.97. The maximum atomic E-state index is 12.7. The van der Waals surface area contributed by atoms with E-state index in [9.17, 15) is 19.5 Å². The molecule has 0 bridgehead atoms. The van der Waals surface area contributed by atoms with Crippen LogP contribution in [0.25, 0.3) is 0 Å². The van der Waals surface area contributed by atoms with Gasteiger partial charge in [-0.1, -0.05) is 0 Å². The van der Waals surface area contributed by atoms with E-state index in [1.54, 1.807) is 20.8 Å². The molecule has 0 radical (unpaired) electrons. The Labute approximate surface area is 141 Å². The average Bonchev–Trinajstić information content (AvgIpc) is 2.58. The molecular formula is C17H25N3O4. The highest BCUT2D eigenvalue weighted by atomic mass is 16.3. The molecule has 0 aliphatic heterocycles. The number of hydrogen-bond donors (Lipinski definition) is 4. The van der Waals surface area contributed by atoms with Crippen molar-refractivity contribution in [1.29, 1.82) is 0 Å². The van der Waals surface area contributed by atoms with Crippen LogP contribution in [0.3, 0.4) is 0 Å². The molecule has 0 aliphatic carbocycles. The van der Waals surface area contributed by atoms with Crippen molar-refractivity contribution in [3.05, 3.63) is 34.9 Å². The third-order valence-corrected chi connectivity index (χ3v) is 3.59. The number of amides is 2. The third-order valence-electron chi connectivity index (χ3n) is 3.59. The standard InChI is InChI=1S/C17H25N3O4/c1-10(20-17(2,3)9-21)14(22)11-6-12(15(23)18-4)8-13(7-11)16(24)19-5/h6-8,10,20-21H,9H2,1-5H3,(H,18,23)(H,19,24). The Bertz CT molecular complexity index is 606. The molecule has 7 nitrogen and oxygen atoms in total. The summed E-state index contributed by atoms with van der Waals surface area (Å²) < 4.78 is 0. The fraction of sp³-hybridized carbons (Fsp3) is 0.471. The second-order valence-corrected chi connectivity index (χ2v) is 6.23. The van der Waals surface area contributed by atoms with Crippen molar-refractivity contribution in [2.24, 2.45) is 0 Å². The highest BCUT2D eigenvalue weighted by Crippen LogP contribution is 2.14. The Balaban J connectivity index is 3.23. The average molecular weight is 335 g/mol. The first kappa shape index (κ1) is 19.8. The van der Waals surface area contributed by atoms with Crippen LogP contribution < -0.4 is 16.0 Å². The van der Waals surface area contributed by atoms with Crippen LogP contribution in [0.2, 0.25) is 0 Å². The zero-order valence-corrected chi connectivity index (χ0v) is 14.7. The van der Waals surface area contributed by atoms with Gasteiger partial charge in [0.2, 0.25) is 0 Å². The summed E-state index contributed by atoms with van der Waals surface area (Å²) in [4.78, 5) is 36.4. The van der Waals surface area contributed by atoms with Gasteiger partial charge in [0.25, 0.3) is 11.8 Å². The van der Waals surface area contributed by atoms with E-state index in [4.69, 9.17) is 0 Å². The van der Waals surface area contributed by atoms with Crippen LogP contribution in [-0.4, -0.2) is 55.0 Å². The van der Waals surface area contributed by atoms with Gasteiger partial charge in [-0.15, -0.1) is 0 Å². The van der Waals surface area contributed by atoms with Gasteiger partial charge in [-0.3, -0.25) is 14.4 Å². The molecule has 0 saturated carbocycles. The topological polar surface area (TPSA) is 108 Å². The minimum atomic E-state index is -0.628. The van der Waals surface area contributed by atoms with E-state index in [1.165, 1.54) is 32.3 Å². The van der Waals surface area contributed by atoms with Crippen LogP contribution in [0.15, 0.2) is 18.2 Å². The van der Waals surface area contributed by atoms with Crippen LogP contribution in [0.1, 0.15) is 51.8 Å². The number of benzene rings is 1. The van der Waals surface area contributed by atoms with Crippen molar-refractivity contribution < 1.29 is 19.5 Å². The largest absolute Gasteiger partial charge is 0.394 e. The van der Waals surface area contributed by atoms with Crippen molar-refractivity contribution >= 4 is 17.6 Å². The van der Waals surface area contributed by atoms with Gasteiger partial charge in [0.1, 0.15) is 0 Å². The molecule has 0 saturated heterocycles. The quantitative estimate of drug-likeness (QED) is 0.538. The summed E-state index contributed by atoms with van der Waals surface area (Å²) in [6.07, 6.45) is 0. The number of carbonyl (C=O) groups excluding carboxylic acids is 3. The van der Waals surface area contributed by atoms with E-state index in [0.717, 1.165) is 0 Å². The predicted octanol–water partition coefficient (Wildman–Crippen LogP) is 0.338. The molecule has 0 aromatic heterocycles. The monoisotopic (exact) mass is 335 g/mol. The number of hydrogen-bond acceptors (Lipinski definition) is 5. The summed E-state index contributed by atoms with van der Waals surface area (Å²) in [6.45, 7) is 5.08. The molecule has 4 N–H and O–H groups in total. The van der Waals surface area contributed by atoms with Crippen molar-refractivity contribution in [3.63, 3.8) is 0 Å². The van der Waals surface area contributed by atoms with Crippen molar-refractivity contribution in [2.45, 2.75) is 32.4 Å². The normalized spacial score (nSPS) is 12.4. The Kier molecular flexibility index (Phi) is 6.62. The van der Waals surface area contributed by atoms with Gasteiger partial charge < -0.3 is 21.1 Å². The fourth-order valence-corrected chi connectivity index (χ4v) is 2.27. The lowest BCUT2D eigenvalue weighted by Crippen LogP contribution is -2.50. The van der Waals surface area contributed by atoms with Crippen molar-refractivity contribution in [3.8, 4) is 0 Å². The molecule has 1 aromatic rings. The minimum Gasteiger partial charge on any atom is -0.394 e. The molecule has 0 aliphatic rings. The smallest absolute Gasteiger partial charge is 0.251 e. The second-order valence-electron chi connectivity index (χ2n) is 6.23. The maximum absolute atomic E-state index is 12.7. The van der Waals surface area contributed by atoms with Gasteiger partial charge in [0.15, 0.2) is 5.78 Å². The molecule has 1 atom stereocenters. The molecule has 24 heavy (non-hydrogen) atoms. The van der Waals surface area contributed by atoms with E-state index in [-0.39, 0.29) is 40.9 Å². The minimum absolute atomic E-state index is 0.133. The van der Waals surface area contributed by atoms with Crippen LogP contribution >= 0.6 is 0 Å². The van der Waals surface area contributed by atoms with Gasteiger partial charge >= 0.3 is 0 Å². The number of aliphatic hydroxyl groups excluding tert-OH is 1. The van der Waals surface area contributed by atoms with Crippen LogP contribution in [0.4, 0.5) is 0 Å². The molecule has 1 rings (SSSR count). The van der Waals surface area contributed by atoms with E-state index in [2.05, 4.69) is 16.0 Å². The Morgan fingerprint density at radius 2 is 1.42 bits per heavy atom. The van der Waals surface area contributed by atoms with Crippen LogP contribution in [0, 0.1) is 0 Å². The number of Topliss-reactive ketones (excluding diaryl/α,β-unsaturated/α-hetero) is 1. The number of aliphatic hydroxyl groups is 1. The highest BCUT2D eigenvalue weighted by molar-refractivity contribution is 6.06. The first-order valence-electron chi connectivity index (χ1n) is 7.67. The van der Waals surface area contributed by atoms with Gasteiger partial charge in [0, 0.05) is 36.3 Å². The van der Waals surface area contributed by atoms with Gasteiger partial charge in [-0.05, 0) is 39.0 Å². The zero-order valence-electron chi connectivity index (χ0n) is 14.7. The lowest BCUT2D eigenvalue weighted by Gasteiger charge is -2.27. The van der Waals surface area contributed by atoms with E-state index < -0.39 is 11.6 Å². The van der Waals surface area contributed by atoms with Gasteiger partial charge in [-0.2, -0.15) is 0 Å². The molecule has 0 fully saturated rings. The van der Waals surface area contributed by atoms with Gasteiger partial charge in [-0.25, -0.2) is 0 Å². The van der Waals surface area contributed by atoms with E-state index in [1.807, 2.05) is 0 Å². The van der Waals surface area contributed by atoms with E-state index >= 15 is 0 Å². The lowest BCUT2D eigenvalue weighted by molar-refractivity contribution is 0.0911. The van der Waals surface area contributed by atoms with Crippen LogP contribution in [-0.2, 0) is 0 Å². The summed E-state index contributed by atoms with van der Waals surface area (Å²) in [5.74, 6) is -1.04. The number of nitrogens with one attached hydrogen (secondary N) is 3. The number of ketones is 1. The molecule has 0 heterocycles. The summed E-state index contributed by atoms with van der Waals surface area (Å²) >= 11 is 0. The van der Waals surface area contributed by atoms with Crippen molar-refractivity contribution in [2.75, 3.05) is 20.7 Å². The van der Waals surface area contributed by atoms with Crippen molar-refractivity contribution in [1.82, 2.24) is 16.0 Å². The maximum Gasteiger partial charge on any atom is 0.251 e. The Morgan fingerprint density at radius 1 is 1.00 bits per heavy atom. The molecular weight excluding hydrogens is 310 g/mol. The first-order valence-corrected chi connectivity index (χ1v) is 7.67. The van der Waals surface area contributed by atoms with Gasteiger partial charge in [0.05, 0.1) is 12.6 Å². The number of carbonyl (C=O) groups is 3. The van der Waals surface area contributed by atoms with Crippen LogP contribution in [0.5, 0.6) is 0 Å². The molecule has 1 aromatic carbocycles. The second kappa shape index (κ2) is 8.03. The van der Waals surface area contributed by atoms with E-state index in [0.29, 0.717) is 0 Å². The molecule has 2 amide bonds. The predicted molar refractivity (Wildman–Crippen MR) is 91.3 cm³/mol. The summed E-state index contributed by atoms with van der Waals surface area (Å²) in [5, 5.41) is 17.3. The number of rotatable bonds is 7. The summed E-state index contributed by atoms with van der Waals surface area (Å²) in [6, 6.07) is 3.75. The molecule has 132 valence electrons. The molecule has 0 spiro atoms. The Hall–Kier alpha value is -2.25. The summed E-state index contributed by atoms with van der Waals surface area (Å²) in [7, 11) is 2.95. The zero-order chi connectivity index (χ0) is 18.5. The third kappa shape index (κ3) is 4.87. The molecule has 7 heteroatoms. The highest BCUT2D eigenvalue weighted by Gasteiger charge is 2.25. The fourth-order valence-electron chi connectivity index (χ4n) is 2.27. The molecule has 1 unspecified atom stereocenters. The Morgan fingerprint density at radius 3 is 1.79 bits per heavy atom. The first-order chi connectivity index (χ1) is 11.1. The SMILES string of the molecule is CNC(=O)c1cc(C(=O)NC)cc(C(=O)C(C)NC(C)(C)CO)c1. The summed E-state index contributed by atoms with van der Waals surface area (Å²) in [5.41, 5.74) is 0.0893.